The molecule has 3 unspecified atom stereocenters. The van der Waals surface area contributed by atoms with Gasteiger partial charge < -0.3 is 9.64 Å². The lowest BCUT2D eigenvalue weighted by molar-refractivity contribution is 0.0250. The van der Waals surface area contributed by atoms with E-state index in [0.717, 1.165) is 13.0 Å². The predicted molar refractivity (Wildman–Crippen MR) is 65.2 cm³/mol. The molecule has 2 bridgehead atoms. The molecule has 3 fully saturated rings. The monoisotopic (exact) mass is 247 g/mol. The van der Waals surface area contributed by atoms with Crippen LogP contribution in [0.2, 0.25) is 0 Å². The Morgan fingerprint density at radius 1 is 1.53 bits per heavy atom. The molecule has 15 heavy (non-hydrogen) atoms. The molecule has 1 saturated carbocycles. The first kappa shape index (κ1) is 11.5. The maximum Gasteiger partial charge on any atom is 0.410 e. The first-order chi connectivity index (χ1) is 6.92. The zero-order chi connectivity index (χ0) is 11.2. The van der Waals surface area contributed by atoms with Crippen molar-refractivity contribution >= 4 is 28.5 Å². The molecule has 86 valence electrons. The van der Waals surface area contributed by atoms with Crippen molar-refractivity contribution in [2.24, 2.45) is 5.92 Å². The Hall–Kier alpha value is -0.0300. The summed E-state index contributed by atoms with van der Waals surface area (Å²) in [4.78, 5) is 13.7. The van der Waals surface area contributed by atoms with Gasteiger partial charge in [-0.3, -0.25) is 0 Å². The summed E-state index contributed by atoms with van der Waals surface area (Å²) in [5.41, 5.74) is -0.395. The maximum absolute atomic E-state index is 11.8. The molecule has 2 aliphatic heterocycles. The fourth-order valence-corrected chi connectivity index (χ4v) is 3.96. The lowest BCUT2D eigenvalue weighted by atomic mass is 9.85. The molecule has 1 aliphatic carbocycles. The highest BCUT2D eigenvalue weighted by Gasteiger charge is 2.54. The third-order valence-corrected chi connectivity index (χ3v) is 4.64. The van der Waals surface area contributed by atoms with Gasteiger partial charge in [-0.15, -0.1) is 11.7 Å². The number of hydrogen-bond donors (Lipinski definition) is 1. The SMILES string of the molecule is CC(C)(C)OC(=O)N1CC2CC1C2SS. The quantitative estimate of drug-likeness (QED) is 0.570. The predicted octanol–water partition coefficient (Wildman–Crippen LogP) is 2.57. The Morgan fingerprint density at radius 2 is 2.20 bits per heavy atom. The summed E-state index contributed by atoms with van der Waals surface area (Å²) in [5, 5.41) is 0.515. The minimum atomic E-state index is -0.395. The molecule has 0 N–H and O–H groups in total. The molecule has 3 atom stereocenters. The highest BCUT2D eigenvalue weighted by Crippen LogP contribution is 2.49. The zero-order valence-electron chi connectivity index (χ0n) is 9.27. The van der Waals surface area contributed by atoms with Crippen LogP contribution in [0.3, 0.4) is 0 Å². The summed E-state index contributed by atoms with van der Waals surface area (Å²) in [5.74, 6) is 0.630. The number of thiol groups is 1. The minimum Gasteiger partial charge on any atom is -0.444 e. The topological polar surface area (TPSA) is 29.5 Å². The van der Waals surface area contributed by atoms with Gasteiger partial charge in [0.15, 0.2) is 0 Å². The van der Waals surface area contributed by atoms with Crippen molar-refractivity contribution in [2.75, 3.05) is 6.54 Å². The molecule has 0 aromatic heterocycles. The van der Waals surface area contributed by atoms with Crippen LogP contribution in [-0.2, 0) is 4.74 Å². The third-order valence-electron chi connectivity index (χ3n) is 2.97. The molecule has 0 aromatic carbocycles. The molecule has 5 heteroatoms. The van der Waals surface area contributed by atoms with Gasteiger partial charge in [0.05, 0.1) is 0 Å². The highest BCUT2D eigenvalue weighted by molar-refractivity contribution is 8.68. The Labute approximate surface area is 99.7 Å². The molecule has 2 saturated heterocycles. The maximum atomic E-state index is 11.8. The van der Waals surface area contributed by atoms with Crippen molar-refractivity contribution in [2.45, 2.75) is 44.1 Å². The smallest absolute Gasteiger partial charge is 0.410 e. The summed E-state index contributed by atoms with van der Waals surface area (Å²) in [6.07, 6.45) is 0.956. The van der Waals surface area contributed by atoms with E-state index in [1.807, 2.05) is 25.7 Å². The summed E-state index contributed by atoms with van der Waals surface area (Å²) in [7, 11) is 1.57. The molecule has 1 amide bonds. The van der Waals surface area contributed by atoms with Crippen LogP contribution in [0.4, 0.5) is 4.79 Å². The third kappa shape index (κ3) is 2.09. The number of rotatable bonds is 1. The van der Waals surface area contributed by atoms with Gasteiger partial charge >= 0.3 is 6.09 Å². The molecule has 2 heterocycles. The first-order valence-corrected chi connectivity index (χ1v) is 7.15. The van der Waals surface area contributed by atoms with E-state index in [4.69, 9.17) is 4.74 Å². The molecule has 3 rings (SSSR count). The molecule has 3 aliphatic rings. The van der Waals surface area contributed by atoms with Gasteiger partial charge in [-0.25, -0.2) is 4.79 Å². The fraction of sp³-hybridized carbons (Fsp3) is 0.900. The molecular formula is C10H17NO2S2. The number of ether oxygens (including phenoxy) is 1. The van der Waals surface area contributed by atoms with E-state index in [9.17, 15) is 4.79 Å². The van der Waals surface area contributed by atoms with Crippen molar-refractivity contribution in [1.29, 1.82) is 0 Å². The second-order valence-electron chi connectivity index (χ2n) is 5.27. The summed E-state index contributed by atoms with van der Waals surface area (Å²) in [6.45, 7) is 6.54. The van der Waals surface area contributed by atoms with Crippen LogP contribution in [0.5, 0.6) is 0 Å². The van der Waals surface area contributed by atoms with Crippen LogP contribution in [0.15, 0.2) is 0 Å². The van der Waals surface area contributed by atoms with Gasteiger partial charge in [-0.1, -0.05) is 10.8 Å². The molecule has 0 aromatic rings. The van der Waals surface area contributed by atoms with Gasteiger partial charge in [0.25, 0.3) is 0 Å². The van der Waals surface area contributed by atoms with Gasteiger partial charge in [-0.2, -0.15) is 0 Å². The summed E-state index contributed by atoms with van der Waals surface area (Å²) >= 11 is 4.24. The number of fused-ring (bicyclic) bond motifs is 1. The van der Waals surface area contributed by atoms with E-state index in [1.54, 1.807) is 10.8 Å². The van der Waals surface area contributed by atoms with Crippen molar-refractivity contribution in [3.8, 4) is 0 Å². The lowest BCUT2D eigenvalue weighted by Crippen LogP contribution is -2.44. The van der Waals surface area contributed by atoms with Crippen LogP contribution in [0, 0.1) is 5.92 Å². The number of amides is 1. The molecule has 0 radical (unpaired) electrons. The van der Waals surface area contributed by atoms with E-state index in [2.05, 4.69) is 11.7 Å². The van der Waals surface area contributed by atoms with E-state index >= 15 is 0 Å². The minimum absolute atomic E-state index is 0.167. The Bertz CT molecular complexity index is 277. The van der Waals surface area contributed by atoms with Crippen LogP contribution < -0.4 is 0 Å². The second-order valence-corrected chi connectivity index (χ2v) is 6.65. The second kappa shape index (κ2) is 3.77. The van der Waals surface area contributed by atoms with Gasteiger partial charge in [0.1, 0.15) is 5.60 Å². The number of carbonyl (C=O) groups excluding carboxylic acids is 1. The molecule has 3 nitrogen and oxygen atoms in total. The zero-order valence-corrected chi connectivity index (χ0v) is 11.0. The Morgan fingerprint density at radius 3 is 2.67 bits per heavy atom. The van der Waals surface area contributed by atoms with Crippen LogP contribution in [-0.4, -0.2) is 34.4 Å². The van der Waals surface area contributed by atoms with Gasteiger partial charge in [-0.05, 0) is 33.1 Å². The average Bonchev–Trinajstić information content (AvgIpc) is 2.56. The molecule has 0 spiro atoms. The van der Waals surface area contributed by atoms with E-state index < -0.39 is 5.60 Å². The van der Waals surface area contributed by atoms with Crippen LogP contribution in [0.25, 0.3) is 0 Å². The van der Waals surface area contributed by atoms with Crippen molar-refractivity contribution < 1.29 is 9.53 Å². The first-order valence-electron chi connectivity index (χ1n) is 5.22. The standard InChI is InChI=1S/C10H17NO2S2/c1-10(2,3)13-9(12)11-5-6-4-7(11)8(6)15-14/h6-8,14H,4-5H2,1-3H3. The Balaban J connectivity index is 1.94. The Kier molecular flexibility index (Phi) is 2.88. The summed E-state index contributed by atoms with van der Waals surface area (Å²) < 4.78 is 5.36. The lowest BCUT2D eigenvalue weighted by Gasteiger charge is -2.34. The number of nitrogens with zero attached hydrogens (tertiary/aromatic N) is 1. The van der Waals surface area contributed by atoms with Crippen LogP contribution >= 0.6 is 22.5 Å². The number of hydrogen-bond acceptors (Lipinski definition) is 4. The highest BCUT2D eigenvalue weighted by atomic mass is 33.1. The normalized spacial score (nSPS) is 33.9. The average molecular weight is 247 g/mol. The van der Waals surface area contributed by atoms with Crippen molar-refractivity contribution in [3.05, 3.63) is 0 Å². The van der Waals surface area contributed by atoms with Gasteiger partial charge in [0.2, 0.25) is 0 Å². The van der Waals surface area contributed by atoms with Crippen molar-refractivity contribution in [3.63, 3.8) is 0 Å². The summed E-state index contributed by atoms with van der Waals surface area (Å²) in [6, 6.07) is 0.354. The van der Waals surface area contributed by atoms with E-state index in [0.29, 0.717) is 17.2 Å². The van der Waals surface area contributed by atoms with E-state index in [1.165, 1.54) is 0 Å². The van der Waals surface area contributed by atoms with Crippen molar-refractivity contribution in [1.82, 2.24) is 4.90 Å². The van der Waals surface area contributed by atoms with Crippen LogP contribution in [0.1, 0.15) is 27.2 Å². The molecular weight excluding hydrogens is 230 g/mol. The van der Waals surface area contributed by atoms with E-state index in [-0.39, 0.29) is 6.09 Å². The number of carbonyl (C=O) groups is 1. The fourth-order valence-electron chi connectivity index (χ4n) is 2.25. The largest absolute Gasteiger partial charge is 0.444 e. The van der Waals surface area contributed by atoms with Gasteiger partial charge in [0, 0.05) is 17.8 Å².